The molecule has 0 aliphatic heterocycles. The van der Waals surface area contributed by atoms with E-state index in [2.05, 4.69) is 5.32 Å². The van der Waals surface area contributed by atoms with Crippen LogP contribution in [-0.2, 0) is 14.3 Å². The minimum atomic E-state index is -0.535. The SMILES string of the molecule is CCNC1=C/C(=C(/C#N)C(=O)OCCCOC)CCC1. The maximum Gasteiger partial charge on any atom is 0.349 e. The minimum absolute atomic E-state index is 0.123. The molecule has 1 aliphatic carbocycles. The van der Waals surface area contributed by atoms with E-state index in [1.807, 2.05) is 19.1 Å². The lowest BCUT2D eigenvalue weighted by Gasteiger charge is -2.17. The molecule has 0 radical (unpaired) electrons. The second kappa shape index (κ2) is 9.16. The van der Waals surface area contributed by atoms with Gasteiger partial charge in [0.05, 0.1) is 6.61 Å². The van der Waals surface area contributed by atoms with Crippen molar-refractivity contribution in [2.75, 3.05) is 26.9 Å². The molecule has 1 N–H and O–H groups in total. The molecule has 0 aromatic rings. The third-order valence-corrected chi connectivity index (χ3v) is 3.01. The minimum Gasteiger partial charge on any atom is -0.461 e. The van der Waals surface area contributed by atoms with Crippen molar-refractivity contribution in [1.29, 1.82) is 5.26 Å². The zero-order valence-corrected chi connectivity index (χ0v) is 12.2. The van der Waals surface area contributed by atoms with Gasteiger partial charge in [0.1, 0.15) is 11.6 Å². The Morgan fingerprint density at radius 1 is 1.45 bits per heavy atom. The summed E-state index contributed by atoms with van der Waals surface area (Å²) < 4.78 is 9.98. The van der Waals surface area contributed by atoms with Gasteiger partial charge in [0.15, 0.2) is 0 Å². The lowest BCUT2D eigenvalue weighted by atomic mass is 9.95. The van der Waals surface area contributed by atoms with E-state index in [0.29, 0.717) is 13.0 Å². The predicted octanol–water partition coefficient (Wildman–Crippen LogP) is 2.06. The summed E-state index contributed by atoms with van der Waals surface area (Å²) in [5.74, 6) is -0.535. The summed E-state index contributed by atoms with van der Waals surface area (Å²) in [6.07, 6.45) is 5.18. The fourth-order valence-corrected chi connectivity index (χ4v) is 2.08. The number of nitriles is 1. The fraction of sp³-hybridized carbons (Fsp3) is 0.600. The number of allylic oxidation sites excluding steroid dienone is 3. The monoisotopic (exact) mass is 278 g/mol. The molecule has 0 bridgehead atoms. The van der Waals surface area contributed by atoms with E-state index in [0.717, 1.165) is 37.1 Å². The standard InChI is InChI=1S/C15H22N2O3/c1-3-17-13-7-4-6-12(10-13)14(11-16)15(18)20-9-5-8-19-2/h10,17H,3-9H2,1-2H3/b14-12-. The molecule has 0 aromatic carbocycles. The number of carbonyl (C=O) groups excluding carboxylic acids is 1. The molecule has 1 rings (SSSR count). The molecule has 0 unspecified atom stereocenters. The summed E-state index contributed by atoms with van der Waals surface area (Å²) in [6.45, 7) is 3.67. The van der Waals surface area contributed by atoms with Crippen molar-refractivity contribution < 1.29 is 14.3 Å². The first kappa shape index (κ1) is 16.3. The van der Waals surface area contributed by atoms with Gasteiger partial charge >= 0.3 is 5.97 Å². The molecule has 0 aromatic heterocycles. The summed E-state index contributed by atoms with van der Waals surface area (Å²) >= 11 is 0. The highest BCUT2D eigenvalue weighted by Gasteiger charge is 2.18. The second-order valence-electron chi connectivity index (χ2n) is 4.55. The van der Waals surface area contributed by atoms with E-state index < -0.39 is 5.97 Å². The van der Waals surface area contributed by atoms with Gasteiger partial charge in [-0.05, 0) is 37.8 Å². The molecule has 5 heteroatoms. The van der Waals surface area contributed by atoms with Gasteiger partial charge in [0.25, 0.3) is 0 Å². The lowest BCUT2D eigenvalue weighted by Crippen LogP contribution is -2.17. The molecule has 110 valence electrons. The molecule has 0 saturated heterocycles. The maximum absolute atomic E-state index is 11.9. The van der Waals surface area contributed by atoms with Gasteiger partial charge < -0.3 is 14.8 Å². The molecular weight excluding hydrogens is 256 g/mol. The Bertz CT molecular complexity index is 433. The normalized spacial score (nSPS) is 16.9. The maximum atomic E-state index is 11.9. The molecule has 0 atom stereocenters. The van der Waals surface area contributed by atoms with E-state index >= 15 is 0 Å². The number of nitrogens with one attached hydrogen (secondary N) is 1. The second-order valence-corrected chi connectivity index (χ2v) is 4.55. The van der Waals surface area contributed by atoms with Crippen molar-refractivity contribution in [3.05, 3.63) is 22.9 Å². The first-order valence-electron chi connectivity index (χ1n) is 6.96. The van der Waals surface area contributed by atoms with E-state index in [4.69, 9.17) is 9.47 Å². The van der Waals surface area contributed by atoms with Crippen molar-refractivity contribution in [3.8, 4) is 6.07 Å². The van der Waals surface area contributed by atoms with Crippen molar-refractivity contribution in [3.63, 3.8) is 0 Å². The van der Waals surface area contributed by atoms with Crippen LogP contribution in [0.3, 0.4) is 0 Å². The van der Waals surface area contributed by atoms with Gasteiger partial charge in [-0.15, -0.1) is 0 Å². The van der Waals surface area contributed by atoms with Crippen LogP contribution in [0.5, 0.6) is 0 Å². The largest absolute Gasteiger partial charge is 0.461 e. The Labute approximate surface area is 120 Å². The van der Waals surface area contributed by atoms with Crippen LogP contribution in [0.1, 0.15) is 32.6 Å². The number of methoxy groups -OCH3 is 1. The smallest absolute Gasteiger partial charge is 0.349 e. The van der Waals surface area contributed by atoms with E-state index in [-0.39, 0.29) is 12.2 Å². The van der Waals surface area contributed by atoms with Gasteiger partial charge in [0, 0.05) is 32.4 Å². The highest BCUT2D eigenvalue weighted by Crippen LogP contribution is 2.24. The average molecular weight is 278 g/mol. The molecule has 5 nitrogen and oxygen atoms in total. The molecule has 20 heavy (non-hydrogen) atoms. The highest BCUT2D eigenvalue weighted by atomic mass is 16.5. The zero-order valence-electron chi connectivity index (χ0n) is 12.2. The number of esters is 1. The quantitative estimate of drug-likeness (QED) is 0.334. The van der Waals surface area contributed by atoms with E-state index in [1.165, 1.54) is 0 Å². The first-order chi connectivity index (χ1) is 9.72. The van der Waals surface area contributed by atoms with E-state index in [1.54, 1.807) is 7.11 Å². The third kappa shape index (κ3) is 5.06. The Morgan fingerprint density at radius 2 is 2.25 bits per heavy atom. The number of nitrogens with zero attached hydrogens (tertiary/aromatic N) is 1. The van der Waals surface area contributed by atoms with Crippen LogP contribution in [0.2, 0.25) is 0 Å². The van der Waals surface area contributed by atoms with Crippen LogP contribution in [-0.4, -0.2) is 32.8 Å². The van der Waals surface area contributed by atoms with Crippen LogP contribution in [0.4, 0.5) is 0 Å². The number of ether oxygens (including phenoxy) is 2. The molecule has 0 saturated carbocycles. The lowest BCUT2D eigenvalue weighted by molar-refractivity contribution is -0.138. The Balaban J connectivity index is 2.72. The molecule has 0 spiro atoms. The van der Waals surface area contributed by atoms with Gasteiger partial charge in [-0.25, -0.2) is 4.79 Å². The van der Waals surface area contributed by atoms with Crippen LogP contribution in [0, 0.1) is 11.3 Å². The predicted molar refractivity (Wildman–Crippen MR) is 75.7 cm³/mol. The van der Waals surface area contributed by atoms with E-state index in [9.17, 15) is 10.1 Å². The third-order valence-electron chi connectivity index (χ3n) is 3.01. The summed E-state index contributed by atoms with van der Waals surface area (Å²) in [5.41, 5.74) is 1.97. The summed E-state index contributed by atoms with van der Waals surface area (Å²) in [5, 5.41) is 12.4. The summed E-state index contributed by atoms with van der Waals surface area (Å²) in [6, 6.07) is 1.98. The van der Waals surface area contributed by atoms with Crippen molar-refractivity contribution in [1.82, 2.24) is 5.32 Å². The number of hydrogen-bond acceptors (Lipinski definition) is 5. The van der Waals surface area contributed by atoms with Crippen LogP contribution in [0.15, 0.2) is 22.9 Å². The molecule has 0 heterocycles. The topological polar surface area (TPSA) is 71.4 Å². The van der Waals surface area contributed by atoms with Gasteiger partial charge in [-0.3, -0.25) is 0 Å². The van der Waals surface area contributed by atoms with Gasteiger partial charge in [-0.1, -0.05) is 0 Å². The number of rotatable bonds is 7. The van der Waals surface area contributed by atoms with Crippen molar-refractivity contribution in [2.45, 2.75) is 32.6 Å². The molecule has 0 amide bonds. The van der Waals surface area contributed by atoms with Crippen molar-refractivity contribution >= 4 is 5.97 Å². The van der Waals surface area contributed by atoms with Crippen molar-refractivity contribution in [2.24, 2.45) is 0 Å². The van der Waals surface area contributed by atoms with Gasteiger partial charge in [-0.2, -0.15) is 5.26 Å². The summed E-state index contributed by atoms with van der Waals surface area (Å²) in [7, 11) is 1.60. The van der Waals surface area contributed by atoms with Crippen LogP contribution >= 0.6 is 0 Å². The Morgan fingerprint density at radius 3 is 2.90 bits per heavy atom. The molecular formula is C15H22N2O3. The summed E-state index contributed by atoms with van der Waals surface area (Å²) in [4.78, 5) is 11.9. The van der Waals surface area contributed by atoms with Gasteiger partial charge in [0.2, 0.25) is 0 Å². The Kier molecular flexibility index (Phi) is 7.44. The van der Waals surface area contributed by atoms with Crippen LogP contribution < -0.4 is 5.32 Å². The molecule has 0 fully saturated rings. The van der Waals surface area contributed by atoms with Crippen LogP contribution in [0.25, 0.3) is 0 Å². The zero-order chi connectivity index (χ0) is 14.8. The molecule has 1 aliphatic rings. The average Bonchev–Trinajstić information content (AvgIpc) is 2.45. The number of carbonyl (C=O) groups is 1. The first-order valence-corrected chi connectivity index (χ1v) is 6.96. The Hall–Kier alpha value is -1.80. The highest BCUT2D eigenvalue weighted by molar-refractivity contribution is 5.94. The number of hydrogen-bond donors (Lipinski definition) is 1. The fourth-order valence-electron chi connectivity index (χ4n) is 2.08.